The molecule has 0 spiro atoms. The lowest BCUT2D eigenvalue weighted by molar-refractivity contribution is 0.0952. The van der Waals surface area contributed by atoms with Gasteiger partial charge in [-0.2, -0.15) is 5.10 Å². The molecule has 6 heteroatoms. The fraction of sp³-hybridized carbons (Fsp3) is 0.143. The SMILES string of the molecule is COc1cc(C)ccc1C(=O)N/N=C\c1ccc(Br)s1. The molecule has 1 N–H and O–H groups in total. The molecule has 1 heterocycles. The van der Waals surface area contributed by atoms with E-state index >= 15 is 0 Å². The molecular formula is C14H13BrN2O2S. The molecule has 20 heavy (non-hydrogen) atoms. The van der Waals surface area contributed by atoms with Crippen molar-refractivity contribution in [2.75, 3.05) is 7.11 Å². The van der Waals surface area contributed by atoms with Gasteiger partial charge in [0.2, 0.25) is 0 Å². The summed E-state index contributed by atoms with van der Waals surface area (Å²) >= 11 is 4.90. The van der Waals surface area contributed by atoms with Crippen molar-refractivity contribution in [1.82, 2.24) is 5.43 Å². The van der Waals surface area contributed by atoms with Gasteiger partial charge in [-0.05, 0) is 52.7 Å². The summed E-state index contributed by atoms with van der Waals surface area (Å²) in [6.07, 6.45) is 1.61. The van der Waals surface area contributed by atoms with E-state index in [1.54, 1.807) is 12.3 Å². The van der Waals surface area contributed by atoms with Gasteiger partial charge in [0.15, 0.2) is 0 Å². The Morgan fingerprint density at radius 3 is 2.85 bits per heavy atom. The lowest BCUT2D eigenvalue weighted by atomic mass is 10.1. The standard InChI is InChI=1S/C14H13BrN2O2S/c1-9-3-5-11(12(7-9)19-2)14(18)17-16-8-10-4-6-13(15)20-10/h3-8H,1-2H3,(H,17,18)/b16-8-. The lowest BCUT2D eigenvalue weighted by Crippen LogP contribution is -2.18. The molecule has 2 rings (SSSR count). The molecule has 104 valence electrons. The highest BCUT2D eigenvalue weighted by molar-refractivity contribution is 9.11. The number of hydrazone groups is 1. The average molecular weight is 353 g/mol. The molecule has 0 saturated heterocycles. The van der Waals surface area contributed by atoms with E-state index in [4.69, 9.17) is 4.74 Å². The summed E-state index contributed by atoms with van der Waals surface area (Å²) in [7, 11) is 1.54. The van der Waals surface area contributed by atoms with Gasteiger partial charge in [0.05, 0.1) is 22.7 Å². The second-order valence-corrected chi connectivity index (χ2v) is 6.54. The van der Waals surface area contributed by atoms with Crippen molar-refractivity contribution in [2.45, 2.75) is 6.92 Å². The van der Waals surface area contributed by atoms with E-state index in [1.165, 1.54) is 18.4 Å². The Hall–Kier alpha value is -1.66. The van der Waals surface area contributed by atoms with Crippen LogP contribution in [0.25, 0.3) is 0 Å². The smallest absolute Gasteiger partial charge is 0.275 e. The summed E-state index contributed by atoms with van der Waals surface area (Å²) in [5, 5.41) is 3.94. The maximum atomic E-state index is 12.0. The van der Waals surface area contributed by atoms with Gasteiger partial charge in [0.25, 0.3) is 5.91 Å². The molecule has 0 bridgehead atoms. The van der Waals surface area contributed by atoms with Crippen molar-refractivity contribution < 1.29 is 9.53 Å². The monoisotopic (exact) mass is 352 g/mol. The number of thiophene rings is 1. The molecule has 0 saturated carbocycles. The molecule has 0 aliphatic rings. The maximum Gasteiger partial charge on any atom is 0.275 e. The van der Waals surface area contributed by atoms with Crippen LogP contribution in [0, 0.1) is 6.92 Å². The highest BCUT2D eigenvalue weighted by Crippen LogP contribution is 2.21. The van der Waals surface area contributed by atoms with Gasteiger partial charge in [0, 0.05) is 4.88 Å². The molecule has 0 unspecified atom stereocenters. The third kappa shape index (κ3) is 3.68. The summed E-state index contributed by atoms with van der Waals surface area (Å²) in [5.41, 5.74) is 3.99. The number of halogens is 1. The van der Waals surface area contributed by atoms with Crippen LogP contribution in [0.4, 0.5) is 0 Å². The van der Waals surface area contributed by atoms with Crippen LogP contribution < -0.4 is 10.2 Å². The zero-order valence-electron chi connectivity index (χ0n) is 11.0. The van der Waals surface area contributed by atoms with Crippen molar-refractivity contribution >= 4 is 39.4 Å². The Morgan fingerprint density at radius 1 is 1.40 bits per heavy atom. The van der Waals surface area contributed by atoms with Crippen molar-refractivity contribution in [1.29, 1.82) is 0 Å². The largest absolute Gasteiger partial charge is 0.496 e. The van der Waals surface area contributed by atoms with Crippen LogP contribution >= 0.6 is 27.3 Å². The highest BCUT2D eigenvalue weighted by Gasteiger charge is 2.11. The molecule has 1 aromatic heterocycles. The van der Waals surface area contributed by atoms with Gasteiger partial charge in [-0.25, -0.2) is 5.43 Å². The molecular weight excluding hydrogens is 340 g/mol. The predicted octanol–water partition coefficient (Wildman–Crippen LogP) is 3.59. The quantitative estimate of drug-likeness (QED) is 0.675. The molecule has 0 atom stereocenters. The summed E-state index contributed by atoms with van der Waals surface area (Å²) < 4.78 is 6.22. The number of rotatable bonds is 4. The molecule has 0 radical (unpaired) electrons. The van der Waals surface area contributed by atoms with Gasteiger partial charge >= 0.3 is 0 Å². The number of carbonyl (C=O) groups is 1. The average Bonchev–Trinajstić information content (AvgIpc) is 2.84. The number of nitrogens with one attached hydrogen (secondary N) is 1. The fourth-order valence-electron chi connectivity index (χ4n) is 1.60. The highest BCUT2D eigenvalue weighted by atomic mass is 79.9. The minimum atomic E-state index is -0.297. The van der Waals surface area contributed by atoms with Crippen LogP contribution in [0.2, 0.25) is 0 Å². The third-order valence-electron chi connectivity index (χ3n) is 2.55. The Balaban J connectivity index is 2.07. The molecule has 1 amide bonds. The fourth-order valence-corrected chi connectivity index (χ4v) is 2.89. The molecule has 2 aromatic rings. The van der Waals surface area contributed by atoms with E-state index in [2.05, 4.69) is 26.5 Å². The third-order valence-corrected chi connectivity index (χ3v) is 4.11. The first-order valence-electron chi connectivity index (χ1n) is 5.83. The molecule has 0 aliphatic carbocycles. The summed E-state index contributed by atoms with van der Waals surface area (Å²) in [5.74, 6) is 0.241. The van der Waals surface area contributed by atoms with E-state index in [1.807, 2.05) is 31.2 Å². The van der Waals surface area contributed by atoms with Crippen LogP contribution in [-0.4, -0.2) is 19.2 Å². The number of ether oxygens (including phenoxy) is 1. The van der Waals surface area contributed by atoms with E-state index in [0.717, 1.165) is 14.2 Å². The number of carbonyl (C=O) groups excluding carboxylic acids is 1. The molecule has 0 aliphatic heterocycles. The van der Waals surface area contributed by atoms with Gasteiger partial charge < -0.3 is 4.74 Å². The number of amides is 1. The molecule has 1 aromatic carbocycles. The van der Waals surface area contributed by atoms with Crippen LogP contribution in [-0.2, 0) is 0 Å². The molecule has 4 nitrogen and oxygen atoms in total. The topological polar surface area (TPSA) is 50.7 Å². The Bertz CT molecular complexity index is 652. The van der Waals surface area contributed by atoms with Crippen LogP contribution in [0.3, 0.4) is 0 Å². The number of hydrogen-bond donors (Lipinski definition) is 1. The Labute approximate surface area is 129 Å². The number of benzene rings is 1. The van der Waals surface area contributed by atoms with Gasteiger partial charge in [-0.15, -0.1) is 11.3 Å². The van der Waals surface area contributed by atoms with Gasteiger partial charge in [-0.3, -0.25) is 4.79 Å². The Morgan fingerprint density at radius 2 is 2.20 bits per heavy atom. The van der Waals surface area contributed by atoms with Crippen molar-refractivity contribution in [3.8, 4) is 5.75 Å². The van der Waals surface area contributed by atoms with E-state index in [0.29, 0.717) is 11.3 Å². The zero-order chi connectivity index (χ0) is 14.5. The predicted molar refractivity (Wildman–Crippen MR) is 84.8 cm³/mol. The maximum absolute atomic E-state index is 12.0. The lowest BCUT2D eigenvalue weighted by Gasteiger charge is -2.07. The second-order valence-electron chi connectivity index (χ2n) is 4.04. The number of methoxy groups -OCH3 is 1. The first-order chi connectivity index (χ1) is 9.60. The normalized spacial score (nSPS) is 10.8. The minimum absolute atomic E-state index is 0.297. The Kier molecular flexibility index (Phi) is 4.92. The van der Waals surface area contributed by atoms with Crippen LogP contribution in [0.5, 0.6) is 5.75 Å². The second kappa shape index (κ2) is 6.67. The summed E-state index contributed by atoms with van der Waals surface area (Å²) in [6, 6.07) is 9.24. The van der Waals surface area contributed by atoms with Gasteiger partial charge in [0.1, 0.15) is 5.75 Å². The van der Waals surface area contributed by atoms with Crippen molar-refractivity contribution in [2.24, 2.45) is 5.10 Å². The minimum Gasteiger partial charge on any atom is -0.496 e. The first-order valence-corrected chi connectivity index (χ1v) is 7.44. The number of hydrogen-bond acceptors (Lipinski definition) is 4. The van der Waals surface area contributed by atoms with Crippen LogP contribution in [0.1, 0.15) is 20.8 Å². The van der Waals surface area contributed by atoms with E-state index < -0.39 is 0 Å². The van der Waals surface area contributed by atoms with Gasteiger partial charge in [-0.1, -0.05) is 6.07 Å². The van der Waals surface area contributed by atoms with Crippen molar-refractivity contribution in [3.63, 3.8) is 0 Å². The van der Waals surface area contributed by atoms with Crippen LogP contribution in [0.15, 0.2) is 39.2 Å². The summed E-state index contributed by atoms with van der Waals surface area (Å²) in [4.78, 5) is 13.0. The summed E-state index contributed by atoms with van der Waals surface area (Å²) in [6.45, 7) is 1.94. The zero-order valence-corrected chi connectivity index (χ0v) is 13.4. The molecule has 0 fully saturated rings. The number of nitrogens with zero attached hydrogens (tertiary/aromatic N) is 1. The first kappa shape index (κ1) is 14.7. The van der Waals surface area contributed by atoms with E-state index in [-0.39, 0.29) is 5.91 Å². The number of aryl methyl sites for hydroxylation is 1. The van der Waals surface area contributed by atoms with E-state index in [9.17, 15) is 4.79 Å². The van der Waals surface area contributed by atoms with Crippen molar-refractivity contribution in [3.05, 3.63) is 50.1 Å².